The Morgan fingerprint density at radius 2 is 1.92 bits per heavy atom. The van der Waals surface area contributed by atoms with E-state index >= 15 is 0 Å². The third kappa shape index (κ3) is 1.59. The van der Waals surface area contributed by atoms with Gasteiger partial charge < -0.3 is 4.74 Å². The van der Waals surface area contributed by atoms with E-state index in [1.807, 2.05) is 0 Å². The Morgan fingerprint density at radius 1 is 1.23 bits per heavy atom. The standard InChI is InChI=1S/C7H5Cl2N3O/c8-5-4(6(9)12-3-11-5)7-10-1-2-13-7/h3H,1-2H2. The number of hydrogen-bond acceptors (Lipinski definition) is 4. The van der Waals surface area contributed by atoms with Crippen LogP contribution in [0.4, 0.5) is 0 Å². The summed E-state index contributed by atoms with van der Waals surface area (Å²) in [5.41, 5.74) is 0.475. The molecule has 0 radical (unpaired) electrons. The van der Waals surface area contributed by atoms with Crippen molar-refractivity contribution in [2.75, 3.05) is 13.2 Å². The Hall–Kier alpha value is -0.870. The van der Waals surface area contributed by atoms with Crippen LogP contribution in [0.5, 0.6) is 0 Å². The summed E-state index contributed by atoms with van der Waals surface area (Å²) in [5.74, 6) is 0.426. The second-order valence-corrected chi connectivity index (χ2v) is 3.08. The largest absolute Gasteiger partial charge is 0.475 e. The molecule has 0 N–H and O–H groups in total. The van der Waals surface area contributed by atoms with Gasteiger partial charge in [0.2, 0.25) is 5.90 Å². The molecule has 0 spiro atoms. The van der Waals surface area contributed by atoms with Crippen molar-refractivity contribution in [2.24, 2.45) is 4.99 Å². The van der Waals surface area contributed by atoms with Gasteiger partial charge in [0.1, 0.15) is 28.8 Å². The second kappa shape index (κ2) is 3.47. The Bertz CT molecular complexity index is 347. The van der Waals surface area contributed by atoms with E-state index < -0.39 is 0 Å². The molecule has 0 aliphatic carbocycles. The Morgan fingerprint density at radius 3 is 2.46 bits per heavy atom. The van der Waals surface area contributed by atoms with Crippen molar-refractivity contribution in [3.63, 3.8) is 0 Å². The van der Waals surface area contributed by atoms with Gasteiger partial charge in [0, 0.05) is 0 Å². The van der Waals surface area contributed by atoms with Gasteiger partial charge in [-0.15, -0.1) is 0 Å². The number of aliphatic imine (C=N–C) groups is 1. The van der Waals surface area contributed by atoms with Crippen molar-refractivity contribution >= 4 is 29.1 Å². The summed E-state index contributed by atoms with van der Waals surface area (Å²) in [4.78, 5) is 11.7. The van der Waals surface area contributed by atoms with Crippen LogP contribution in [0.1, 0.15) is 5.56 Å². The molecule has 0 saturated carbocycles. The zero-order valence-electron chi connectivity index (χ0n) is 6.50. The smallest absolute Gasteiger partial charge is 0.222 e. The molecule has 0 aromatic carbocycles. The Kier molecular flexibility index (Phi) is 2.33. The second-order valence-electron chi connectivity index (χ2n) is 2.37. The minimum atomic E-state index is 0.264. The molecule has 13 heavy (non-hydrogen) atoms. The predicted octanol–water partition coefficient (Wildman–Crippen LogP) is 1.56. The monoisotopic (exact) mass is 217 g/mol. The first kappa shape index (κ1) is 8.72. The summed E-state index contributed by atoms with van der Waals surface area (Å²) in [6.07, 6.45) is 1.30. The highest BCUT2D eigenvalue weighted by molar-refractivity contribution is 6.38. The number of nitrogens with zero attached hydrogens (tertiary/aromatic N) is 3. The molecule has 4 nitrogen and oxygen atoms in total. The quantitative estimate of drug-likeness (QED) is 0.672. The van der Waals surface area contributed by atoms with Crippen LogP contribution in [-0.2, 0) is 4.74 Å². The average molecular weight is 218 g/mol. The van der Waals surface area contributed by atoms with E-state index in [2.05, 4.69) is 15.0 Å². The molecular weight excluding hydrogens is 213 g/mol. The molecule has 0 bridgehead atoms. The van der Waals surface area contributed by atoms with Crippen molar-refractivity contribution in [3.8, 4) is 0 Å². The van der Waals surface area contributed by atoms with E-state index in [1.54, 1.807) is 0 Å². The molecule has 0 amide bonds. The van der Waals surface area contributed by atoms with Crippen LogP contribution < -0.4 is 0 Å². The fourth-order valence-corrected chi connectivity index (χ4v) is 1.48. The molecule has 1 aliphatic heterocycles. The number of rotatable bonds is 1. The van der Waals surface area contributed by atoms with E-state index in [-0.39, 0.29) is 10.3 Å². The highest BCUT2D eigenvalue weighted by atomic mass is 35.5. The zero-order valence-corrected chi connectivity index (χ0v) is 8.01. The molecule has 2 rings (SSSR count). The number of hydrogen-bond donors (Lipinski definition) is 0. The van der Waals surface area contributed by atoms with Crippen LogP contribution in [0.2, 0.25) is 10.3 Å². The van der Waals surface area contributed by atoms with Gasteiger partial charge in [-0.25, -0.2) is 15.0 Å². The molecule has 1 aromatic heterocycles. The fourth-order valence-electron chi connectivity index (χ4n) is 1.01. The van der Waals surface area contributed by atoms with Crippen LogP contribution in [0.3, 0.4) is 0 Å². The van der Waals surface area contributed by atoms with Crippen LogP contribution >= 0.6 is 23.2 Å². The van der Waals surface area contributed by atoms with Crippen molar-refractivity contribution < 1.29 is 4.74 Å². The third-order valence-corrected chi connectivity index (χ3v) is 2.13. The lowest BCUT2D eigenvalue weighted by atomic mass is 10.3. The topological polar surface area (TPSA) is 47.4 Å². The lowest BCUT2D eigenvalue weighted by Gasteiger charge is -2.03. The number of ether oxygens (including phenoxy) is 1. The summed E-state index contributed by atoms with van der Waals surface area (Å²) in [7, 11) is 0. The maximum Gasteiger partial charge on any atom is 0.222 e. The minimum absolute atomic E-state index is 0.264. The highest BCUT2D eigenvalue weighted by Gasteiger charge is 2.18. The third-order valence-electron chi connectivity index (χ3n) is 1.55. The summed E-state index contributed by atoms with van der Waals surface area (Å²) < 4.78 is 5.20. The van der Waals surface area contributed by atoms with Crippen molar-refractivity contribution in [1.29, 1.82) is 0 Å². The van der Waals surface area contributed by atoms with Crippen LogP contribution in [0.15, 0.2) is 11.3 Å². The molecule has 68 valence electrons. The maximum atomic E-state index is 5.81. The van der Waals surface area contributed by atoms with Crippen molar-refractivity contribution in [2.45, 2.75) is 0 Å². The molecule has 1 aliphatic rings. The lowest BCUT2D eigenvalue weighted by Crippen LogP contribution is -2.05. The van der Waals surface area contributed by atoms with Gasteiger partial charge >= 0.3 is 0 Å². The van der Waals surface area contributed by atoms with Gasteiger partial charge in [-0.1, -0.05) is 23.2 Å². The zero-order chi connectivity index (χ0) is 9.26. The van der Waals surface area contributed by atoms with Gasteiger partial charge in [0.25, 0.3) is 0 Å². The van der Waals surface area contributed by atoms with E-state index in [9.17, 15) is 0 Å². The predicted molar refractivity (Wildman–Crippen MR) is 49.4 cm³/mol. The molecule has 1 aromatic rings. The van der Waals surface area contributed by atoms with Gasteiger partial charge in [0.05, 0.1) is 6.54 Å². The van der Waals surface area contributed by atoms with Crippen LogP contribution in [0, 0.1) is 0 Å². The van der Waals surface area contributed by atoms with Crippen LogP contribution in [0.25, 0.3) is 0 Å². The summed E-state index contributed by atoms with van der Waals surface area (Å²) in [6, 6.07) is 0. The summed E-state index contributed by atoms with van der Waals surface area (Å²) in [5, 5.41) is 0.529. The van der Waals surface area contributed by atoms with Crippen LogP contribution in [-0.4, -0.2) is 29.0 Å². The average Bonchev–Trinajstić information content (AvgIpc) is 2.57. The normalized spacial score (nSPS) is 15.4. The fraction of sp³-hybridized carbons (Fsp3) is 0.286. The van der Waals surface area contributed by atoms with Crippen molar-refractivity contribution in [1.82, 2.24) is 9.97 Å². The Balaban J connectivity index is 2.49. The molecule has 2 heterocycles. The molecule has 6 heteroatoms. The van der Waals surface area contributed by atoms with E-state index in [0.717, 1.165) is 0 Å². The van der Waals surface area contributed by atoms with Crippen molar-refractivity contribution in [3.05, 3.63) is 22.2 Å². The number of halogens is 2. The molecule has 0 saturated heterocycles. The lowest BCUT2D eigenvalue weighted by molar-refractivity contribution is 0.348. The molecular formula is C7H5Cl2N3O. The first-order valence-corrected chi connectivity index (χ1v) is 4.38. The molecule has 0 atom stereocenters. The highest BCUT2D eigenvalue weighted by Crippen LogP contribution is 2.22. The summed E-state index contributed by atoms with van der Waals surface area (Å²) in [6.45, 7) is 1.17. The van der Waals surface area contributed by atoms with Gasteiger partial charge in [0.15, 0.2) is 0 Å². The SMILES string of the molecule is Clc1ncnc(Cl)c1C1=NCCO1. The molecule has 0 unspecified atom stereocenters. The number of aromatic nitrogens is 2. The van der Waals surface area contributed by atoms with E-state index in [1.165, 1.54) is 6.33 Å². The first-order chi connectivity index (χ1) is 6.29. The van der Waals surface area contributed by atoms with E-state index in [4.69, 9.17) is 27.9 Å². The summed E-state index contributed by atoms with van der Waals surface area (Å²) >= 11 is 11.6. The first-order valence-electron chi connectivity index (χ1n) is 3.62. The minimum Gasteiger partial charge on any atom is -0.475 e. The van der Waals surface area contributed by atoms with Gasteiger partial charge in [-0.05, 0) is 0 Å². The maximum absolute atomic E-state index is 5.81. The van der Waals surface area contributed by atoms with E-state index in [0.29, 0.717) is 24.6 Å². The Labute approximate surface area is 84.6 Å². The van der Waals surface area contributed by atoms with Gasteiger partial charge in [-0.2, -0.15) is 0 Å². The van der Waals surface area contributed by atoms with Gasteiger partial charge in [-0.3, -0.25) is 0 Å². The molecule has 0 fully saturated rings.